The lowest BCUT2D eigenvalue weighted by molar-refractivity contribution is 0.307. The number of rotatable bonds is 4. The van der Waals surface area contributed by atoms with Crippen LogP contribution in [0.15, 0.2) is 60.8 Å². The Bertz CT molecular complexity index is 756. The molecule has 0 radical (unpaired) electrons. The zero-order chi connectivity index (χ0) is 14.7. The van der Waals surface area contributed by atoms with Gasteiger partial charge in [-0.3, -0.25) is 4.98 Å². The number of fused-ring (bicyclic) bond motifs is 1. The number of nitrogens with zero attached hydrogens (tertiary/aromatic N) is 1. The van der Waals surface area contributed by atoms with E-state index in [1.54, 1.807) is 30.5 Å². The van der Waals surface area contributed by atoms with E-state index in [-0.39, 0.29) is 0 Å². The van der Waals surface area contributed by atoms with Crippen LogP contribution in [0, 0.1) is 0 Å². The normalized spacial score (nSPS) is 10.6. The summed E-state index contributed by atoms with van der Waals surface area (Å²) in [6, 6.07) is 16.6. The van der Waals surface area contributed by atoms with E-state index < -0.39 is 7.12 Å². The van der Waals surface area contributed by atoms with Gasteiger partial charge < -0.3 is 14.8 Å². The second-order valence-electron chi connectivity index (χ2n) is 4.72. The second kappa shape index (κ2) is 5.95. The molecule has 104 valence electrons. The molecule has 21 heavy (non-hydrogen) atoms. The molecule has 3 aromatic rings. The van der Waals surface area contributed by atoms with Crippen LogP contribution in [-0.4, -0.2) is 22.2 Å². The first-order chi connectivity index (χ1) is 10.2. The molecule has 0 aliphatic heterocycles. The van der Waals surface area contributed by atoms with Crippen LogP contribution in [-0.2, 0) is 6.61 Å². The molecule has 4 nitrogen and oxygen atoms in total. The number of aromatic nitrogens is 1. The third kappa shape index (κ3) is 3.04. The van der Waals surface area contributed by atoms with Crippen molar-refractivity contribution in [1.29, 1.82) is 0 Å². The quantitative estimate of drug-likeness (QED) is 0.710. The van der Waals surface area contributed by atoms with Gasteiger partial charge in [0.2, 0.25) is 0 Å². The van der Waals surface area contributed by atoms with Crippen LogP contribution in [0.4, 0.5) is 0 Å². The largest absolute Gasteiger partial charge is 0.489 e. The van der Waals surface area contributed by atoms with Gasteiger partial charge in [-0.1, -0.05) is 30.3 Å². The highest BCUT2D eigenvalue weighted by molar-refractivity contribution is 6.58. The molecule has 0 saturated heterocycles. The predicted molar refractivity (Wildman–Crippen MR) is 82.3 cm³/mol. The minimum atomic E-state index is -1.49. The van der Waals surface area contributed by atoms with Crippen LogP contribution >= 0.6 is 0 Å². The van der Waals surface area contributed by atoms with Crippen LogP contribution in [0.2, 0.25) is 0 Å². The Labute approximate surface area is 122 Å². The molecular formula is C16H14BNO3. The summed E-state index contributed by atoms with van der Waals surface area (Å²) in [4.78, 5) is 4.31. The van der Waals surface area contributed by atoms with Crippen molar-refractivity contribution in [3.63, 3.8) is 0 Å². The number of hydrogen-bond acceptors (Lipinski definition) is 4. The van der Waals surface area contributed by atoms with Gasteiger partial charge in [0.1, 0.15) is 12.4 Å². The van der Waals surface area contributed by atoms with Gasteiger partial charge in [0.25, 0.3) is 0 Å². The number of hydrogen-bond donors (Lipinski definition) is 2. The van der Waals surface area contributed by atoms with Crippen molar-refractivity contribution in [3.8, 4) is 5.75 Å². The molecule has 2 aromatic carbocycles. The number of ether oxygens (including phenoxy) is 1. The highest BCUT2D eigenvalue weighted by Crippen LogP contribution is 2.18. The van der Waals surface area contributed by atoms with E-state index in [1.165, 1.54) is 0 Å². The molecule has 1 heterocycles. The molecule has 0 amide bonds. The average Bonchev–Trinajstić information content (AvgIpc) is 2.53. The van der Waals surface area contributed by atoms with E-state index in [0.29, 0.717) is 17.8 Å². The third-order valence-electron chi connectivity index (χ3n) is 3.29. The number of benzene rings is 2. The van der Waals surface area contributed by atoms with E-state index in [9.17, 15) is 0 Å². The Morgan fingerprint density at radius 1 is 1.00 bits per heavy atom. The van der Waals surface area contributed by atoms with E-state index in [2.05, 4.69) is 4.98 Å². The topological polar surface area (TPSA) is 62.6 Å². The minimum absolute atomic E-state index is 0.397. The molecular weight excluding hydrogens is 265 g/mol. The van der Waals surface area contributed by atoms with Crippen LogP contribution in [0.3, 0.4) is 0 Å². The van der Waals surface area contributed by atoms with Crippen molar-refractivity contribution in [2.24, 2.45) is 0 Å². The molecule has 0 aliphatic carbocycles. The van der Waals surface area contributed by atoms with Gasteiger partial charge in [-0.05, 0) is 29.7 Å². The van der Waals surface area contributed by atoms with E-state index in [1.807, 2.05) is 30.3 Å². The highest BCUT2D eigenvalue weighted by Gasteiger charge is 2.11. The number of para-hydroxylation sites is 1. The van der Waals surface area contributed by atoms with Gasteiger partial charge in [-0.25, -0.2) is 0 Å². The Morgan fingerprint density at radius 2 is 1.86 bits per heavy atom. The summed E-state index contributed by atoms with van der Waals surface area (Å²) < 4.78 is 5.74. The highest BCUT2D eigenvalue weighted by atomic mass is 16.5. The Kier molecular flexibility index (Phi) is 3.86. The van der Waals surface area contributed by atoms with Crippen molar-refractivity contribution in [3.05, 3.63) is 66.4 Å². The summed E-state index contributed by atoms with van der Waals surface area (Å²) in [5.41, 5.74) is 2.38. The molecule has 2 N–H and O–H groups in total. The maximum absolute atomic E-state index is 9.17. The lowest BCUT2D eigenvalue weighted by atomic mass is 9.80. The standard InChI is InChI=1S/C16H14BNO3/c19-17(20)13-4-3-5-14(10-13)21-11-12-8-9-18-16-7-2-1-6-15(12)16/h1-10,19-20H,11H2. The molecule has 1 aromatic heterocycles. The van der Waals surface area contributed by atoms with Gasteiger partial charge in [-0.2, -0.15) is 0 Å². The molecule has 0 bridgehead atoms. The Morgan fingerprint density at radius 3 is 2.71 bits per heavy atom. The zero-order valence-corrected chi connectivity index (χ0v) is 11.3. The smallest absolute Gasteiger partial charge is 0.488 e. The maximum atomic E-state index is 9.17. The molecule has 0 atom stereocenters. The van der Waals surface area contributed by atoms with Crippen LogP contribution < -0.4 is 10.2 Å². The monoisotopic (exact) mass is 279 g/mol. The molecule has 0 spiro atoms. The summed E-state index contributed by atoms with van der Waals surface area (Å²) in [7, 11) is -1.49. The predicted octanol–water partition coefficient (Wildman–Crippen LogP) is 1.49. The first kappa shape index (κ1) is 13.6. The fourth-order valence-corrected chi connectivity index (χ4v) is 2.21. The zero-order valence-electron chi connectivity index (χ0n) is 11.3. The van der Waals surface area contributed by atoms with Crippen LogP contribution in [0.1, 0.15) is 5.56 Å². The lowest BCUT2D eigenvalue weighted by Crippen LogP contribution is -2.29. The van der Waals surface area contributed by atoms with Crippen molar-refractivity contribution >= 4 is 23.5 Å². The van der Waals surface area contributed by atoms with Gasteiger partial charge in [-0.15, -0.1) is 0 Å². The van der Waals surface area contributed by atoms with Gasteiger partial charge >= 0.3 is 7.12 Å². The van der Waals surface area contributed by atoms with Gasteiger partial charge in [0.15, 0.2) is 0 Å². The SMILES string of the molecule is OB(O)c1cccc(OCc2ccnc3ccccc23)c1. The van der Waals surface area contributed by atoms with Crippen LogP contribution in [0.5, 0.6) is 5.75 Å². The van der Waals surface area contributed by atoms with Crippen molar-refractivity contribution < 1.29 is 14.8 Å². The number of pyridine rings is 1. The summed E-state index contributed by atoms with van der Waals surface area (Å²) in [5.74, 6) is 0.599. The van der Waals surface area contributed by atoms with E-state index >= 15 is 0 Å². The Balaban J connectivity index is 1.82. The first-order valence-electron chi connectivity index (χ1n) is 6.65. The lowest BCUT2D eigenvalue weighted by Gasteiger charge is -2.09. The van der Waals surface area contributed by atoms with E-state index in [4.69, 9.17) is 14.8 Å². The van der Waals surface area contributed by atoms with Gasteiger partial charge in [0.05, 0.1) is 5.52 Å². The second-order valence-corrected chi connectivity index (χ2v) is 4.72. The fraction of sp³-hybridized carbons (Fsp3) is 0.0625. The molecule has 0 saturated carbocycles. The molecule has 0 fully saturated rings. The third-order valence-corrected chi connectivity index (χ3v) is 3.29. The van der Waals surface area contributed by atoms with E-state index in [0.717, 1.165) is 16.5 Å². The minimum Gasteiger partial charge on any atom is -0.489 e. The summed E-state index contributed by atoms with van der Waals surface area (Å²) in [6.45, 7) is 0.397. The van der Waals surface area contributed by atoms with Crippen molar-refractivity contribution in [2.75, 3.05) is 0 Å². The average molecular weight is 279 g/mol. The van der Waals surface area contributed by atoms with Gasteiger partial charge in [0, 0.05) is 17.1 Å². The van der Waals surface area contributed by atoms with Crippen molar-refractivity contribution in [1.82, 2.24) is 4.98 Å². The summed E-state index contributed by atoms with van der Waals surface area (Å²) >= 11 is 0. The molecule has 5 heteroatoms. The maximum Gasteiger partial charge on any atom is 0.488 e. The summed E-state index contributed by atoms with van der Waals surface area (Å²) in [6.07, 6.45) is 1.76. The fourth-order valence-electron chi connectivity index (χ4n) is 2.21. The van der Waals surface area contributed by atoms with Crippen LogP contribution in [0.25, 0.3) is 10.9 Å². The molecule has 3 rings (SSSR count). The molecule has 0 aliphatic rings. The Hall–Kier alpha value is -2.37. The summed E-state index contributed by atoms with van der Waals surface area (Å²) in [5, 5.41) is 19.4. The van der Waals surface area contributed by atoms with Crippen molar-refractivity contribution in [2.45, 2.75) is 6.61 Å². The molecule has 0 unspecified atom stereocenters. The first-order valence-corrected chi connectivity index (χ1v) is 6.65.